The van der Waals surface area contributed by atoms with Gasteiger partial charge in [0, 0.05) is 12.4 Å². The van der Waals surface area contributed by atoms with Gasteiger partial charge in [0.2, 0.25) is 5.82 Å². The molecule has 0 N–H and O–H groups in total. The number of carbonyl (C=O) groups is 1. The maximum atomic E-state index is 12.8. The summed E-state index contributed by atoms with van der Waals surface area (Å²) in [6.07, 6.45) is 2.44. The molecule has 138 valence electrons. The molecule has 0 radical (unpaired) electrons. The predicted molar refractivity (Wildman–Crippen MR) is 94.8 cm³/mol. The number of ether oxygens (including phenoxy) is 1. The van der Waals surface area contributed by atoms with Crippen molar-refractivity contribution < 1.29 is 14.5 Å². The van der Waals surface area contributed by atoms with Crippen molar-refractivity contribution in [2.24, 2.45) is 0 Å². The van der Waals surface area contributed by atoms with Crippen molar-refractivity contribution in [2.45, 2.75) is 46.8 Å². The Hall–Kier alpha value is -3.10. The highest BCUT2D eigenvalue weighted by molar-refractivity contribution is 5.89. The molecule has 0 fully saturated rings. The number of aromatic nitrogens is 3. The fourth-order valence-corrected chi connectivity index (χ4v) is 2.31. The van der Waals surface area contributed by atoms with Gasteiger partial charge in [0.25, 0.3) is 0 Å². The summed E-state index contributed by atoms with van der Waals surface area (Å²) in [7, 11) is 0. The van der Waals surface area contributed by atoms with Crippen LogP contribution in [0.15, 0.2) is 24.5 Å². The molecule has 1 amide bonds. The van der Waals surface area contributed by atoms with Crippen LogP contribution >= 0.6 is 0 Å². The second-order valence-corrected chi connectivity index (χ2v) is 6.71. The van der Waals surface area contributed by atoms with Crippen LogP contribution in [0.1, 0.15) is 37.9 Å². The Morgan fingerprint density at radius 2 is 2.00 bits per heavy atom. The van der Waals surface area contributed by atoms with E-state index in [4.69, 9.17) is 4.74 Å². The van der Waals surface area contributed by atoms with Crippen molar-refractivity contribution in [3.8, 4) is 0 Å². The third-order valence-corrected chi connectivity index (χ3v) is 3.27. The summed E-state index contributed by atoms with van der Waals surface area (Å²) >= 11 is 0. The predicted octanol–water partition coefficient (Wildman–Crippen LogP) is 3.34. The molecule has 2 heterocycles. The first-order chi connectivity index (χ1) is 12.1. The summed E-state index contributed by atoms with van der Waals surface area (Å²) in [5.41, 5.74) is -0.236. The van der Waals surface area contributed by atoms with Crippen molar-refractivity contribution in [2.75, 3.05) is 4.90 Å². The lowest BCUT2D eigenvalue weighted by atomic mass is 10.2. The maximum Gasteiger partial charge on any atom is 0.416 e. The molecule has 2 aromatic rings. The minimum Gasteiger partial charge on any atom is -0.443 e. The standard InChI is InChI=1S/C17H21N5O4/c1-11-14(22(24)25)15(20-12(2)19-11)21(16(23)26-17(3,4)5)10-13-7-6-8-18-9-13/h6-9H,10H2,1-5H3. The lowest BCUT2D eigenvalue weighted by molar-refractivity contribution is -0.385. The Kier molecular flexibility index (Phi) is 5.49. The first-order valence-corrected chi connectivity index (χ1v) is 7.97. The summed E-state index contributed by atoms with van der Waals surface area (Å²) in [5.74, 6) is 0.223. The second kappa shape index (κ2) is 7.42. The summed E-state index contributed by atoms with van der Waals surface area (Å²) in [4.78, 5) is 37.1. The molecule has 0 atom stereocenters. The Balaban J connectivity index is 2.57. The van der Waals surface area contributed by atoms with E-state index in [1.807, 2.05) is 0 Å². The summed E-state index contributed by atoms with van der Waals surface area (Å²) in [5, 5.41) is 11.6. The summed E-state index contributed by atoms with van der Waals surface area (Å²) < 4.78 is 5.42. The van der Waals surface area contributed by atoms with E-state index in [9.17, 15) is 14.9 Å². The van der Waals surface area contributed by atoms with E-state index in [1.54, 1.807) is 52.2 Å². The van der Waals surface area contributed by atoms with Crippen LogP contribution in [0, 0.1) is 24.0 Å². The van der Waals surface area contributed by atoms with Gasteiger partial charge in [-0.05, 0) is 46.2 Å². The molecule has 0 aliphatic heterocycles. The highest BCUT2D eigenvalue weighted by atomic mass is 16.6. The monoisotopic (exact) mass is 359 g/mol. The molecular formula is C17H21N5O4. The van der Waals surface area contributed by atoms with Gasteiger partial charge in [-0.2, -0.15) is 0 Å². The number of aryl methyl sites for hydroxylation is 2. The molecule has 2 rings (SSSR count). The van der Waals surface area contributed by atoms with Crippen molar-refractivity contribution in [1.82, 2.24) is 15.0 Å². The number of nitro groups is 1. The highest BCUT2D eigenvalue weighted by Gasteiger charge is 2.32. The molecular weight excluding hydrogens is 338 g/mol. The topological polar surface area (TPSA) is 111 Å². The number of anilines is 1. The van der Waals surface area contributed by atoms with Crippen LogP contribution in [0.3, 0.4) is 0 Å². The average Bonchev–Trinajstić information content (AvgIpc) is 2.50. The molecule has 9 nitrogen and oxygen atoms in total. The van der Waals surface area contributed by atoms with Gasteiger partial charge in [-0.3, -0.25) is 20.0 Å². The van der Waals surface area contributed by atoms with Gasteiger partial charge in [-0.1, -0.05) is 6.07 Å². The number of nitrogens with zero attached hydrogens (tertiary/aromatic N) is 5. The smallest absolute Gasteiger partial charge is 0.416 e. The highest BCUT2D eigenvalue weighted by Crippen LogP contribution is 2.31. The van der Waals surface area contributed by atoms with Crippen LogP contribution in [0.4, 0.5) is 16.3 Å². The van der Waals surface area contributed by atoms with Crippen LogP contribution in [0.2, 0.25) is 0 Å². The third kappa shape index (κ3) is 4.71. The largest absolute Gasteiger partial charge is 0.443 e. The molecule has 0 saturated heterocycles. The Bertz CT molecular complexity index is 818. The minimum atomic E-state index is -0.768. The summed E-state index contributed by atoms with van der Waals surface area (Å²) in [6.45, 7) is 8.30. The van der Waals surface area contributed by atoms with Crippen LogP contribution < -0.4 is 4.90 Å². The molecule has 0 aliphatic rings. The first-order valence-electron chi connectivity index (χ1n) is 7.97. The van der Waals surface area contributed by atoms with E-state index in [1.165, 1.54) is 6.92 Å². The lowest BCUT2D eigenvalue weighted by Crippen LogP contribution is -2.37. The van der Waals surface area contributed by atoms with Gasteiger partial charge in [-0.15, -0.1) is 0 Å². The number of hydrogen-bond acceptors (Lipinski definition) is 7. The zero-order chi connectivity index (χ0) is 19.5. The number of amides is 1. The van der Waals surface area contributed by atoms with Crippen LogP contribution in [-0.2, 0) is 11.3 Å². The molecule has 9 heteroatoms. The molecule has 0 spiro atoms. The van der Waals surface area contributed by atoms with Crippen molar-refractivity contribution >= 4 is 17.6 Å². The molecule has 0 aromatic carbocycles. The molecule has 0 saturated carbocycles. The van der Waals surface area contributed by atoms with Crippen LogP contribution in [0.5, 0.6) is 0 Å². The average molecular weight is 359 g/mol. The van der Waals surface area contributed by atoms with Gasteiger partial charge >= 0.3 is 11.8 Å². The minimum absolute atomic E-state index is 0.0273. The Labute approximate surface area is 151 Å². The van der Waals surface area contributed by atoms with E-state index in [0.29, 0.717) is 11.4 Å². The van der Waals surface area contributed by atoms with Gasteiger partial charge < -0.3 is 4.74 Å². The Morgan fingerprint density at radius 1 is 1.31 bits per heavy atom. The number of carbonyl (C=O) groups excluding carboxylic acids is 1. The maximum absolute atomic E-state index is 12.8. The zero-order valence-corrected chi connectivity index (χ0v) is 15.4. The van der Waals surface area contributed by atoms with Gasteiger partial charge in [-0.25, -0.2) is 14.8 Å². The SMILES string of the molecule is Cc1nc(C)c([N+](=O)[O-])c(N(Cc2cccnc2)C(=O)OC(C)(C)C)n1. The number of rotatable bonds is 4. The fraction of sp³-hybridized carbons (Fsp3) is 0.412. The van der Waals surface area contributed by atoms with E-state index >= 15 is 0 Å². The van der Waals surface area contributed by atoms with Crippen molar-refractivity contribution in [3.05, 3.63) is 51.7 Å². The Morgan fingerprint density at radius 3 is 2.54 bits per heavy atom. The van der Waals surface area contributed by atoms with Crippen molar-refractivity contribution in [3.63, 3.8) is 0 Å². The van der Waals surface area contributed by atoms with E-state index in [0.717, 1.165) is 4.90 Å². The molecule has 26 heavy (non-hydrogen) atoms. The van der Waals surface area contributed by atoms with Crippen LogP contribution in [0.25, 0.3) is 0 Å². The number of pyridine rings is 1. The van der Waals surface area contributed by atoms with E-state index in [2.05, 4.69) is 15.0 Å². The van der Waals surface area contributed by atoms with Gasteiger partial charge in [0.05, 0.1) is 11.5 Å². The third-order valence-electron chi connectivity index (χ3n) is 3.27. The van der Waals surface area contributed by atoms with E-state index in [-0.39, 0.29) is 23.7 Å². The fourth-order valence-electron chi connectivity index (χ4n) is 2.31. The lowest BCUT2D eigenvalue weighted by Gasteiger charge is -2.26. The molecule has 0 bridgehead atoms. The first kappa shape index (κ1) is 19.2. The summed E-state index contributed by atoms with van der Waals surface area (Å²) in [6, 6.07) is 3.48. The number of hydrogen-bond donors (Lipinski definition) is 0. The molecule has 0 aliphatic carbocycles. The van der Waals surface area contributed by atoms with Crippen molar-refractivity contribution in [1.29, 1.82) is 0 Å². The normalized spacial score (nSPS) is 11.1. The zero-order valence-electron chi connectivity index (χ0n) is 15.4. The quantitative estimate of drug-likeness (QED) is 0.608. The van der Waals surface area contributed by atoms with Gasteiger partial charge in [0.1, 0.15) is 17.1 Å². The molecule has 2 aromatic heterocycles. The second-order valence-electron chi connectivity index (χ2n) is 6.71. The van der Waals surface area contributed by atoms with E-state index < -0.39 is 16.6 Å². The molecule has 0 unspecified atom stereocenters. The van der Waals surface area contributed by atoms with Crippen LogP contribution in [-0.4, -0.2) is 31.6 Å². The van der Waals surface area contributed by atoms with Gasteiger partial charge in [0.15, 0.2) is 0 Å².